The number of nitrogens with one attached hydrogen (secondary N) is 2. The Morgan fingerprint density at radius 2 is 1.93 bits per heavy atom. The van der Waals surface area contributed by atoms with Gasteiger partial charge in [-0.15, -0.1) is 11.3 Å². The van der Waals surface area contributed by atoms with Crippen molar-refractivity contribution >= 4 is 38.0 Å². The molecular formula is C22H34N2O4S2. The van der Waals surface area contributed by atoms with Crippen molar-refractivity contribution in [3.8, 4) is 0 Å². The second-order valence-corrected chi connectivity index (χ2v) is 13.1. The summed E-state index contributed by atoms with van der Waals surface area (Å²) in [6.45, 7) is 8.78. The van der Waals surface area contributed by atoms with Crippen molar-refractivity contribution < 1.29 is 18.0 Å². The molecule has 1 aromatic heterocycles. The number of hydrogen-bond acceptors (Lipinski definition) is 5. The number of anilines is 1. The summed E-state index contributed by atoms with van der Waals surface area (Å²) in [5.41, 5.74) is 1.77. The molecule has 3 rings (SSSR count). The van der Waals surface area contributed by atoms with Gasteiger partial charge in [0.15, 0.2) is 9.84 Å². The Balaban J connectivity index is 1.86. The molecule has 0 unspecified atom stereocenters. The Bertz CT molecular complexity index is 912. The molecule has 2 atom stereocenters. The van der Waals surface area contributed by atoms with Crippen LogP contribution in [0.25, 0.3) is 0 Å². The van der Waals surface area contributed by atoms with Crippen molar-refractivity contribution in [3.63, 3.8) is 0 Å². The van der Waals surface area contributed by atoms with Crippen LogP contribution in [0.3, 0.4) is 0 Å². The summed E-state index contributed by atoms with van der Waals surface area (Å²) >= 11 is 1.52. The first-order chi connectivity index (χ1) is 14.0. The van der Waals surface area contributed by atoms with E-state index in [1.807, 2.05) is 6.92 Å². The monoisotopic (exact) mass is 454 g/mol. The van der Waals surface area contributed by atoms with Crippen molar-refractivity contribution in [2.45, 2.75) is 78.7 Å². The van der Waals surface area contributed by atoms with Gasteiger partial charge in [0.2, 0.25) is 5.91 Å². The number of carbonyl (C=O) groups excluding carboxylic acids is 2. The molecule has 30 heavy (non-hydrogen) atoms. The average Bonchev–Trinajstić information content (AvgIpc) is 3.17. The highest BCUT2D eigenvalue weighted by atomic mass is 32.2. The van der Waals surface area contributed by atoms with Crippen LogP contribution in [0.5, 0.6) is 0 Å². The van der Waals surface area contributed by atoms with Crippen LogP contribution in [0.2, 0.25) is 0 Å². The number of carbonyl (C=O) groups is 2. The summed E-state index contributed by atoms with van der Waals surface area (Å²) in [5.74, 6) is 0.321. The summed E-state index contributed by atoms with van der Waals surface area (Å²) in [4.78, 5) is 26.8. The Morgan fingerprint density at radius 3 is 2.53 bits per heavy atom. The van der Waals surface area contributed by atoms with Crippen LogP contribution in [0.15, 0.2) is 0 Å². The number of fused-ring (bicyclic) bond motifs is 1. The number of unbranched alkanes of at least 4 members (excludes halogenated alkanes) is 1. The van der Waals surface area contributed by atoms with Crippen LogP contribution in [-0.2, 0) is 27.5 Å². The van der Waals surface area contributed by atoms with E-state index in [0.29, 0.717) is 29.3 Å². The third-order valence-electron chi connectivity index (χ3n) is 6.30. The summed E-state index contributed by atoms with van der Waals surface area (Å²) < 4.78 is 23.6. The van der Waals surface area contributed by atoms with Crippen molar-refractivity contribution in [2.24, 2.45) is 11.3 Å². The van der Waals surface area contributed by atoms with E-state index in [4.69, 9.17) is 0 Å². The van der Waals surface area contributed by atoms with Gasteiger partial charge in [0.05, 0.1) is 17.1 Å². The minimum atomic E-state index is -3.07. The molecule has 1 aliphatic carbocycles. The van der Waals surface area contributed by atoms with Gasteiger partial charge in [-0.3, -0.25) is 9.59 Å². The molecular weight excluding hydrogens is 420 g/mol. The molecule has 6 nitrogen and oxygen atoms in total. The van der Waals surface area contributed by atoms with E-state index in [9.17, 15) is 18.0 Å². The molecule has 0 bridgehead atoms. The Morgan fingerprint density at radius 1 is 1.20 bits per heavy atom. The van der Waals surface area contributed by atoms with Crippen molar-refractivity contribution in [2.75, 3.05) is 16.8 Å². The maximum Gasteiger partial charge on any atom is 0.254 e. The minimum Gasteiger partial charge on any atom is -0.348 e. The van der Waals surface area contributed by atoms with Crippen LogP contribution >= 0.6 is 11.3 Å². The van der Waals surface area contributed by atoms with E-state index in [1.54, 1.807) is 0 Å². The molecule has 168 valence electrons. The Labute approximate surface area is 184 Å². The number of sulfone groups is 1. The van der Waals surface area contributed by atoms with Gasteiger partial charge >= 0.3 is 0 Å². The van der Waals surface area contributed by atoms with Gasteiger partial charge in [0.1, 0.15) is 5.00 Å². The van der Waals surface area contributed by atoms with Gasteiger partial charge < -0.3 is 10.6 Å². The maximum absolute atomic E-state index is 13.2. The van der Waals surface area contributed by atoms with Crippen LogP contribution < -0.4 is 10.6 Å². The first-order valence-corrected chi connectivity index (χ1v) is 13.6. The first-order valence-electron chi connectivity index (χ1n) is 11.0. The molecule has 0 spiro atoms. The molecule has 0 radical (unpaired) electrons. The quantitative estimate of drug-likeness (QED) is 0.681. The lowest BCUT2D eigenvalue weighted by atomic mass is 9.72. The largest absolute Gasteiger partial charge is 0.348 e. The van der Waals surface area contributed by atoms with E-state index in [2.05, 4.69) is 31.4 Å². The number of thiophene rings is 1. The second-order valence-electron chi connectivity index (χ2n) is 9.74. The predicted octanol–water partition coefficient (Wildman–Crippen LogP) is 3.94. The fraction of sp³-hybridized carbons (Fsp3) is 0.727. The summed E-state index contributed by atoms with van der Waals surface area (Å²) in [5, 5.41) is 6.52. The molecule has 0 aromatic carbocycles. The SMILES string of the molecule is CCCCC(=O)Nc1sc2c(c1C(=O)N[C@H]1CCS(=O)(=O)C1)CC[C@H](C(C)(C)C)C2. The van der Waals surface area contributed by atoms with Crippen LogP contribution in [0.1, 0.15) is 80.6 Å². The number of amides is 2. The molecule has 2 heterocycles. The summed E-state index contributed by atoms with van der Waals surface area (Å²) in [6, 6.07) is -0.354. The zero-order chi connectivity index (χ0) is 22.1. The lowest BCUT2D eigenvalue weighted by Gasteiger charge is -2.33. The van der Waals surface area contributed by atoms with E-state index in [1.165, 1.54) is 16.2 Å². The fourth-order valence-electron chi connectivity index (χ4n) is 4.35. The number of rotatable bonds is 6. The van der Waals surface area contributed by atoms with Gasteiger partial charge in [-0.25, -0.2) is 8.42 Å². The van der Waals surface area contributed by atoms with Crippen molar-refractivity contribution in [1.82, 2.24) is 5.32 Å². The van der Waals surface area contributed by atoms with E-state index in [-0.39, 0.29) is 34.8 Å². The fourth-order valence-corrected chi connectivity index (χ4v) is 7.36. The van der Waals surface area contributed by atoms with Crippen LogP contribution in [0, 0.1) is 11.3 Å². The Kier molecular flexibility index (Phi) is 6.97. The lowest BCUT2D eigenvalue weighted by Crippen LogP contribution is -2.36. The third-order valence-corrected chi connectivity index (χ3v) is 9.23. The van der Waals surface area contributed by atoms with Gasteiger partial charge in [-0.2, -0.15) is 0 Å². The lowest BCUT2D eigenvalue weighted by molar-refractivity contribution is -0.116. The highest BCUT2D eigenvalue weighted by Crippen LogP contribution is 2.44. The first kappa shape index (κ1) is 23.3. The second kappa shape index (κ2) is 8.99. The highest BCUT2D eigenvalue weighted by molar-refractivity contribution is 7.91. The molecule has 2 aliphatic rings. The molecule has 1 saturated heterocycles. The van der Waals surface area contributed by atoms with Crippen molar-refractivity contribution in [3.05, 3.63) is 16.0 Å². The van der Waals surface area contributed by atoms with Gasteiger partial charge in [0.25, 0.3) is 5.91 Å². The average molecular weight is 455 g/mol. The smallest absolute Gasteiger partial charge is 0.254 e. The van der Waals surface area contributed by atoms with E-state index in [0.717, 1.165) is 37.7 Å². The molecule has 2 N–H and O–H groups in total. The summed E-state index contributed by atoms with van der Waals surface area (Å²) in [6.07, 6.45) is 5.36. The van der Waals surface area contributed by atoms with Crippen LogP contribution in [-0.4, -0.2) is 37.8 Å². The van der Waals surface area contributed by atoms with Gasteiger partial charge in [-0.1, -0.05) is 34.1 Å². The number of hydrogen-bond donors (Lipinski definition) is 2. The molecule has 1 aromatic rings. The standard InChI is InChI=1S/C22H34N2O4S2/c1-5-6-7-18(25)24-21-19(20(26)23-15-10-11-30(27,28)13-15)16-9-8-14(22(2,3)4)12-17(16)29-21/h14-15H,5-13H2,1-4H3,(H,23,26)(H,24,25)/t14-,15-/m0/s1. The normalized spacial score (nSPS) is 23.1. The summed E-state index contributed by atoms with van der Waals surface area (Å²) in [7, 11) is -3.07. The van der Waals surface area contributed by atoms with E-state index >= 15 is 0 Å². The highest BCUT2D eigenvalue weighted by Gasteiger charge is 2.35. The van der Waals surface area contributed by atoms with E-state index < -0.39 is 9.84 Å². The molecule has 0 saturated carbocycles. The van der Waals surface area contributed by atoms with Crippen molar-refractivity contribution in [1.29, 1.82) is 0 Å². The maximum atomic E-state index is 13.2. The Hall–Kier alpha value is -1.41. The molecule has 8 heteroatoms. The van der Waals surface area contributed by atoms with Crippen LogP contribution in [0.4, 0.5) is 5.00 Å². The molecule has 1 aliphatic heterocycles. The zero-order valence-corrected chi connectivity index (χ0v) is 20.1. The minimum absolute atomic E-state index is 0.00460. The zero-order valence-electron chi connectivity index (χ0n) is 18.5. The van der Waals surface area contributed by atoms with Gasteiger partial charge in [0, 0.05) is 17.3 Å². The third kappa shape index (κ3) is 5.44. The molecule has 2 amide bonds. The topological polar surface area (TPSA) is 92.3 Å². The molecule has 1 fully saturated rings. The predicted molar refractivity (Wildman–Crippen MR) is 122 cm³/mol. The van der Waals surface area contributed by atoms with Gasteiger partial charge in [-0.05, 0) is 49.0 Å².